The van der Waals surface area contributed by atoms with Crippen LogP contribution in [0.3, 0.4) is 0 Å². The smallest absolute Gasteiger partial charge is 0.444 e. The van der Waals surface area contributed by atoms with Gasteiger partial charge in [-0.3, -0.25) is 4.79 Å². The van der Waals surface area contributed by atoms with E-state index in [9.17, 15) is 19.4 Å². The van der Waals surface area contributed by atoms with E-state index in [1.165, 1.54) is 0 Å². The van der Waals surface area contributed by atoms with Gasteiger partial charge in [0.2, 0.25) is 5.91 Å². The van der Waals surface area contributed by atoms with Gasteiger partial charge in [-0.25, -0.2) is 9.59 Å². The maximum Gasteiger partial charge on any atom is 0.492 e. The van der Waals surface area contributed by atoms with Crippen molar-refractivity contribution in [2.75, 3.05) is 13.1 Å². The number of fused-ring (bicyclic) bond motifs is 1. The van der Waals surface area contributed by atoms with Crippen molar-refractivity contribution in [3.8, 4) is 0 Å². The highest BCUT2D eigenvalue weighted by atomic mass is 16.6. The first-order valence-electron chi connectivity index (χ1n) is 11.9. The summed E-state index contributed by atoms with van der Waals surface area (Å²) in [4.78, 5) is 37.0. The number of ether oxygens (including phenoxy) is 2. The average Bonchev–Trinajstić information content (AvgIpc) is 3.04. The summed E-state index contributed by atoms with van der Waals surface area (Å²) in [6.07, 6.45) is -0.202. The molecular weight excluding hydrogens is 453 g/mol. The Morgan fingerprint density at radius 1 is 1.00 bits per heavy atom. The molecule has 4 N–H and O–H groups in total. The molecule has 1 aliphatic rings. The zero-order chi connectivity index (χ0) is 26.2. The van der Waals surface area contributed by atoms with Crippen molar-refractivity contribution in [2.24, 2.45) is 0 Å². The van der Waals surface area contributed by atoms with Crippen molar-refractivity contribution < 1.29 is 33.5 Å². The van der Waals surface area contributed by atoms with Crippen LogP contribution < -0.4 is 21.4 Å². The van der Waals surface area contributed by atoms with E-state index in [4.69, 9.17) is 14.1 Å². The number of rotatable bonds is 9. The van der Waals surface area contributed by atoms with Crippen molar-refractivity contribution >= 4 is 30.7 Å². The predicted octanol–water partition coefficient (Wildman–Crippen LogP) is 2.15. The maximum atomic E-state index is 12.9. The Balaban J connectivity index is 1.89. The summed E-state index contributed by atoms with van der Waals surface area (Å²) in [5.41, 5.74) is 0.197. The van der Waals surface area contributed by atoms with Crippen LogP contribution in [0.2, 0.25) is 0 Å². The molecule has 10 nitrogen and oxygen atoms in total. The molecule has 0 fully saturated rings. The third-order valence-corrected chi connectivity index (χ3v) is 4.96. The van der Waals surface area contributed by atoms with Crippen LogP contribution in [-0.4, -0.2) is 60.6 Å². The first-order chi connectivity index (χ1) is 16.2. The topological polar surface area (TPSA) is 135 Å². The number of carbonyl (C=O) groups excluding carboxylic acids is 3. The number of amides is 3. The van der Waals surface area contributed by atoms with Gasteiger partial charge in [0, 0.05) is 13.1 Å². The molecule has 1 aromatic carbocycles. The van der Waals surface area contributed by atoms with E-state index in [-0.39, 0.29) is 6.54 Å². The number of alkyl carbamates (subject to hydrolysis) is 2. The summed E-state index contributed by atoms with van der Waals surface area (Å²) < 4.78 is 16.1. The number of nitrogens with one attached hydrogen (secondary N) is 3. The molecule has 11 heteroatoms. The number of hydrogen-bond donors (Lipinski definition) is 4. The summed E-state index contributed by atoms with van der Waals surface area (Å²) >= 11 is 0. The van der Waals surface area contributed by atoms with Crippen LogP contribution in [0.15, 0.2) is 24.3 Å². The number of hydrogen-bond acceptors (Lipinski definition) is 7. The molecule has 0 aliphatic carbocycles. The fourth-order valence-corrected chi connectivity index (χ4v) is 3.50. The van der Waals surface area contributed by atoms with Crippen LogP contribution in [0, 0.1) is 0 Å². The standard InChI is InChI=1S/C24H38BN3O7/c1-23(2,3)33-21(30)26-14-10-9-13-18(28-22(31)34-24(4,5)6)20(29)27-15-19-16-11-7-8-12-17(16)25(32)35-19/h7-8,11-12,18-19,32H,9-10,13-15H2,1-6H3,(H,26,30)(H,27,29)(H,28,31). The minimum atomic E-state index is -1.04. The molecule has 0 spiro atoms. The summed E-state index contributed by atoms with van der Waals surface area (Å²) in [7, 11) is -1.04. The zero-order valence-corrected chi connectivity index (χ0v) is 21.5. The quantitative estimate of drug-likeness (QED) is 0.307. The van der Waals surface area contributed by atoms with E-state index >= 15 is 0 Å². The van der Waals surface area contributed by atoms with Crippen molar-refractivity contribution in [1.82, 2.24) is 16.0 Å². The van der Waals surface area contributed by atoms with Crippen molar-refractivity contribution in [3.05, 3.63) is 29.8 Å². The number of carbonyl (C=O) groups is 3. The molecular formula is C24H38BN3O7. The molecule has 2 unspecified atom stereocenters. The lowest BCUT2D eigenvalue weighted by atomic mass is 9.79. The molecule has 1 aliphatic heterocycles. The van der Waals surface area contributed by atoms with Crippen LogP contribution in [0.4, 0.5) is 9.59 Å². The van der Waals surface area contributed by atoms with Crippen LogP contribution in [0.5, 0.6) is 0 Å². The van der Waals surface area contributed by atoms with E-state index in [0.29, 0.717) is 31.3 Å². The molecule has 0 bridgehead atoms. The molecule has 0 saturated heterocycles. The Morgan fingerprint density at radius 3 is 2.29 bits per heavy atom. The van der Waals surface area contributed by atoms with Crippen LogP contribution in [-0.2, 0) is 18.9 Å². The lowest BCUT2D eigenvalue weighted by Gasteiger charge is -2.24. The van der Waals surface area contributed by atoms with Gasteiger partial charge < -0.3 is 35.1 Å². The van der Waals surface area contributed by atoms with E-state index in [2.05, 4.69) is 16.0 Å². The van der Waals surface area contributed by atoms with Crippen LogP contribution in [0.25, 0.3) is 0 Å². The molecule has 35 heavy (non-hydrogen) atoms. The summed E-state index contributed by atoms with van der Waals surface area (Å²) in [5.74, 6) is -0.390. The van der Waals surface area contributed by atoms with Gasteiger partial charge >= 0.3 is 19.3 Å². The number of unbranched alkanes of at least 4 members (excludes halogenated alkanes) is 1. The molecule has 0 radical (unpaired) electrons. The highest BCUT2D eigenvalue weighted by molar-refractivity contribution is 6.61. The Hall–Kier alpha value is -2.79. The van der Waals surface area contributed by atoms with Crippen molar-refractivity contribution in [3.63, 3.8) is 0 Å². The second-order valence-corrected chi connectivity index (χ2v) is 10.5. The highest BCUT2D eigenvalue weighted by Crippen LogP contribution is 2.22. The van der Waals surface area contributed by atoms with Crippen LogP contribution >= 0.6 is 0 Å². The highest BCUT2D eigenvalue weighted by Gasteiger charge is 2.35. The monoisotopic (exact) mass is 491 g/mol. The van der Waals surface area contributed by atoms with Gasteiger partial charge in [0.25, 0.3) is 0 Å². The summed E-state index contributed by atoms with van der Waals surface area (Å²) in [6, 6.07) is 6.43. The SMILES string of the molecule is CC(C)(C)OC(=O)NCCCCC(NC(=O)OC(C)(C)C)C(=O)NCC1OB(O)c2ccccc21. The Kier molecular flexibility index (Phi) is 9.97. The molecule has 2 rings (SSSR count). The van der Waals surface area contributed by atoms with Gasteiger partial charge in [-0.2, -0.15) is 0 Å². The van der Waals surface area contributed by atoms with Gasteiger partial charge in [0.15, 0.2) is 0 Å². The van der Waals surface area contributed by atoms with Gasteiger partial charge in [-0.1, -0.05) is 24.3 Å². The Labute approximate surface area is 207 Å². The normalized spacial score (nSPS) is 16.2. The molecule has 0 aromatic heterocycles. The molecule has 0 saturated carbocycles. The summed E-state index contributed by atoms with van der Waals surface area (Å²) in [5, 5.41) is 18.2. The largest absolute Gasteiger partial charge is 0.492 e. The van der Waals surface area contributed by atoms with E-state index in [1.54, 1.807) is 47.6 Å². The molecule has 1 aromatic rings. The predicted molar refractivity (Wildman–Crippen MR) is 132 cm³/mol. The summed E-state index contributed by atoms with van der Waals surface area (Å²) in [6.45, 7) is 11.1. The maximum absolute atomic E-state index is 12.9. The molecule has 2 atom stereocenters. The van der Waals surface area contributed by atoms with Crippen molar-refractivity contribution in [1.29, 1.82) is 0 Å². The minimum absolute atomic E-state index is 0.138. The first-order valence-corrected chi connectivity index (χ1v) is 11.9. The van der Waals surface area contributed by atoms with E-state index < -0.39 is 48.6 Å². The van der Waals surface area contributed by atoms with E-state index in [1.807, 2.05) is 18.2 Å². The fraction of sp³-hybridized carbons (Fsp3) is 0.625. The fourth-order valence-electron chi connectivity index (χ4n) is 3.50. The third kappa shape index (κ3) is 10.2. The van der Waals surface area contributed by atoms with Gasteiger partial charge in [0.05, 0.1) is 6.10 Å². The average molecular weight is 491 g/mol. The Bertz CT molecular complexity index is 883. The van der Waals surface area contributed by atoms with Gasteiger partial charge in [-0.05, 0) is 71.8 Å². The minimum Gasteiger partial charge on any atom is -0.444 e. The molecule has 194 valence electrons. The van der Waals surface area contributed by atoms with Crippen LogP contribution in [0.1, 0.15) is 72.5 Å². The first kappa shape index (κ1) is 28.5. The molecule has 1 heterocycles. The second kappa shape index (κ2) is 12.3. The van der Waals surface area contributed by atoms with Gasteiger partial charge in [0.1, 0.15) is 17.2 Å². The lowest BCUT2D eigenvalue weighted by Crippen LogP contribution is -2.49. The van der Waals surface area contributed by atoms with E-state index in [0.717, 1.165) is 5.56 Å². The van der Waals surface area contributed by atoms with Crippen molar-refractivity contribution in [2.45, 2.75) is 84.2 Å². The number of benzene rings is 1. The second-order valence-electron chi connectivity index (χ2n) is 10.5. The lowest BCUT2D eigenvalue weighted by molar-refractivity contribution is -0.123. The van der Waals surface area contributed by atoms with Gasteiger partial charge in [-0.15, -0.1) is 0 Å². The Morgan fingerprint density at radius 2 is 1.63 bits per heavy atom. The molecule has 3 amide bonds. The zero-order valence-electron chi connectivity index (χ0n) is 21.5. The third-order valence-electron chi connectivity index (χ3n) is 4.96.